The molecule has 244 valence electrons. The summed E-state index contributed by atoms with van der Waals surface area (Å²) in [6.07, 6.45) is 19.7. The van der Waals surface area contributed by atoms with Crippen molar-refractivity contribution < 1.29 is 44.2 Å². The minimum Gasteiger partial charge on any atom is -0.457 e. The summed E-state index contributed by atoms with van der Waals surface area (Å²) < 4.78 is 22.3. The van der Waals surface area contributed by atoms with E-state index < -0.39 is 43.4 Å². The Bertz CT molecular complexity index is 737. The number of carbonyl (C=O) groups excluding carboxylic acids is 1. The van der Waals surface area contributed by atoms with Crippen LogP contribution < -0.4 is 0 Å². The molecule has 4 N–H and O–H groups in total. The van der Waals surface area contributed by atoms with Crippen LogP contribution in [0.5, 0.6) is 0 Å². The summed E-state index contributed by atoms with van der Waals surface area (Å²) in [6, 6.07) is 0. The molecule has 42 heavy (non-hydrogen) atoms. The van der Waals surface area contributed by atoms with E-state index in [2.05, 4.69) is 50.3 Å². The smallest absolute Gasteiger partial charge is 0.306 e. The molecule has 6 unspecified atom stereocenters. The molecule has 0 amide bonds. The lowest BCUT2D eigenvalue weighted by Gasteiger charge is -2.39. The lowest BCUT2D eigenvalue weighted by molar-refractivity contribution is -0.305. The molecule has 6 atom stereocenters. The molecule has 9 nitrogen and oxygen atoms in total. The van der Waals surface area contributed by atoms with E-state index in [1.165, 1.54) is 19.3 Å². The molecule has 0 aromatic carbocycles. The van der Waals surface area contributed by atoms with E-state index in [0.717, 1.165) is 64.2 Å². The molecule has 0 aromatic heterocycles. The molecule has 1 rings (SSSR count). The first kappa shape index (κ1) is 38.4. The number of unbranched alkanes of at least 4 members (excludes halogenated alkanes) is 8. The van der Waals surface area contributed by atoms with E-state index in [4.69, 9.17) is 18.9 Å². The highest BCUT2D eigenvalue weighted by Crippen LogP contribution is 2.22. The van der Waals surface area contributed by atoms with Crippen LogP contribution in [0.1, 0.15) is 104 Å². The average molecular weight is 599 g/mol. The Hall–Kier alpha value is -1.59. The minimum atomic E-state index is -1.53. The number of aliphatic hydroxyl groups excluding tert-OH is 4. The first-order valence-corrected chi connectivity index (χ1v) is 16.1. The quantitative estimate of drug-likeness (QED) is 0.0657. The molecule has 0 bridgehead atoms. The molecule has 1 heterocycles. The number of hydrogen-bond donors (Lipinski definition) is 4. The van der Waals surface area contributed by atoms with Gasteiger partial charge in [0.15, 0.2) is 6.29 Å². The first-order chi connectivity index (χ1) is 20.4. The number of allylic oxidation sites excluding steroid dienone is 6. The van der Waals surface area contributed by atoms with E-state index in [1.54, 1.807) is 0 Å². The van der Waals surface area contributed by atoms with Crippen molar-refractivity contribution >= 4 is 5.97 Å². The van der Waals surface area contributed by atoms with Crippen molar-refractivity contribution in [3.8, 4) is 0 Å². The summed E-state index contributed by atoms with van der Waals surface area (Å²) in [6.45, 7) is 4.20. The summed E-state index contributed by atoms with van der Waals surface area (Å²) in [5.74, 6) is -0.347. The van der Waals surface area contributed by atoms with Gasteiger partial charge in [0.05, 0.1) is 19.8 Å². The van der Waals surface area contributed by atoms with Crippen LogP contribution in [0.25, 0.3) is 0 Å². The van der Waals surface area contributed by atoms with Gasteiger partial charge in [-0.2, -0.15) is 0 Å². The molecule has 9 heteroatoms. The van der Waals surface area contributed by atoms with E-state index in [9.17, 15) is 25.2 Å². The number of hydrogen-bond acceptors (Lipinski definition) is 9. The highest BCUT2D eigenvalue weighted by atomic mass is 16.7. The fourth-order valence-electron chi connectivity index (χ4n) is 4.50. The second-order valence-corrected chi connectivity index (χ2v) is 10.9. The Kier molecular flexibility index (Phi) is 23.7. The Morgan fingerprint density at radius 3 is 2.14 bits per heavy atom. The van der Waals surface area contributed by atoms with Crippen LogP contribution in [0.4, 0.5) is 0 Å². The standard InChI is InChI=1S/C33H58O9/c1-3-5-7-8-9-10-11-12-13-14-15-16-17-18-19-21-23-39-25-27(41-29(35)22-20-6-4-2)26-40-33-32(38)31(37)30(36)28(24-34)42-33/h5,7,9-10,12-13,27-28,30-34,36-38H,3-4,6,8,11,14-26H2,1-2H3/b7-5-,10-9-,13-12-. The van der Waals surface area contributed by atoms with Crippen LogP contribution in [0.2, 0.25) is 0 Å². The molecule has 0 saturated carbocycles. The molecule has 1 aliphatic rings. The van der Waals surface area contributed by atoms with Crippen LogP contribution >= 0.6 is 0 Å². The van der Waals surface area contributed by atoms with Gasteiger partial charge >= 0.3 is 5.97 Å². The third-order valence-electron chi connectivity index (χ3n) is 7.07. The highest BCUT2D eigenvalue weighted by molar-refractivity contribution is 5.69. The van der Waals surface area contributed by atoms with E-state index >= 15 is 0 Å². The summed E-state index contributed by atoms with van der Waals surface area (Å²) in [4.78, 5) is 12.3. The van der Waals surface area contributed by atoms with Gasteiger partial charge in [0.25, 0.3) is 0 Å². The Balaban J connectivity index is 2.26. The van der Waals surface area contributed by atoms with Gasteiger partial charge in [0, 0.05) is 13.0 Å². The van der Waals surface area contributed by atoms with Crippen LogP contribution in [-0.4, -0.2) is 89.6 Å². The van der Waals surface area contributed by atoms with Gasteiger partial charge in [0.2, 0.25) is 0 Å². The third-order valence-corrected chi connectivity index (χ3v) is 7.07. The van der Waals surface area contributed by atoms with E-state index in [-0.39, 0.29) is 19.2 Å². The van der Waals surface area contributed by atoms with Gasteiger partial charge in [-0.05, 0) is 44.9 Å². The van der Waals surface area contributed by atoms with Crippen LogP contribution in [0, 0.1) is 0 Å². The van der Waals surface area contributed by atoms with Gasteiger partial charge in [-0.15, -0.1) is 0 Å². The van der Waals surface area contributed by atoms with E-state index in [0.29, 0.717) is 13.0 Å². The van der Waals surface area contributed by atoms with Crippen molar-refractivity contribution in [3.05, 3.63) is 36.5 Å². The number of aliphatic hydroxyl groups is 4. The predicted molar refractivity (Wildman–Crippen MR) is 164 cm³/mol. The number of carbonyl (C=O) groups is 1. The second kappa shape index (κ2) is 25.9. The lowest BCUT2D eigenvalue weighted by Crippen LogP contribution is -2.59. The van der Waals surface area contributed by atoms with E-state index in [1.807, 2.05) is 0 Å². The third kappa shape index (κ3) is 18.2. The van der Waals surface area contributed by atoms with Crippen molar-refractivity contribution in [1.82, 2.24) is 0 Å². The zero-order valence-corrected chi connectivity index (χ0v) is 26.0. The van der Waals surface area contributed by atoms with Gasteiger partial charge in [-0.25, -0.2) is 0 Å². The highest BCUT2D eigenvalue weighted by Gasteiger charge is 2.44. The van der Waals surface area contributed by atoms with Gasteiger partial charge < -0.3 is 39.4 Å². The number of rotatable bonds is 25. The maximum atomic E-state index is 12.3. The fourth-order valence-corrected chi connectivity index (χ4v) is 4.50. The van der Waals surface area contributed by atoms with Crippen molar-refractivity contribution in [1.29, 1.82) is 0 Å². The van der Waals surface area contributed by atoms with Crippen LogP contribution in [0.15, 0.2) is 36.5 Å². The number of ether oxygens (including phenoxy) is 4. The molecule has 1 saturated heterocycles. The zero-order valence-electron chi connectivity index (χ0n) is 26.0. The first-order valence-electron chi connectivity index (χ1n) is 16.1. The van der Waals surface area contributed by atoms with Gasteiger partial charge in [-0.1, -0.05) is 88.8 Å². The maximum Gasteiger partial charge on any atom is 0.306 e. The maximum absolute atomic E-state index is 12.3. The van der Waals surface area contributed by atoms with Crippen LogP contribution in [-0.2, 0) is 23.7 Å². The summed E-state index contributed by atoms with van der Waals surface area (Å²) in [5.41, 5.74) is 0. The molecule has 0 aliphatic carbocycles. The van der Waals surface area contributed by atoms with Crippen molar-refractivity contribution in [2.24, 2.45) is 0 Å². The zero-order chi connectivity index (χ0) is 30.8. The second-order valence-electron chi connectivity index (χ2n) is 10.9. The molecule has 0 spiro atoms. The minimum absolute atomic E-state index is 0.122. The summed E-state index contributed by atoms with van der Waals surface area (Å²) in [7, 11) is 0. The summed E-state index contributed by atoms with van der Waals surface area (Å²) >= 11 is 0. The SMILES string of the molecule is CC/C=C\C/C=C\C/C=C\CCCCCCCCOCC(COC1OC(CO)C(O)C(O)C1O)OC(=O)CCCCC. The molecule has 1 fully saturated rings. The largest absolute Gasteiger partial charge is 0.457 e. The Morgan fingerprint density at radius 1 is 0.786 bits per heavy atom. The lowest BCUT2D eigenvalue weighted by atomic mass is 9.99. The predicted octanol–water partition coefficient (Wildman–Crippen LogP) is 4.90. The number of esters is 1. The molecular weight excluding hydrogens is 540 g/mol. The van der Waals surface area contributed by atoms with Crippen LogP contribution in [0.3, 0.4) is 0 Å². The van der Waals surface area contributed by atoms with Gasteiger partial charge in [0.1, 0.15) is 30.5 Å². The molecular formula is C33H58O9. The monoisotopic (exact) mass is 598 g/mol. The Morgan fingerprint density at radius 2 is 1.45 bits per heavy atom. The van der Waals surface area contributed by atoms with Crippen molar-refractivity contribution in [2.75, 3.05) is 26.4 Å². The van der Waals surface area contributed by atoms with Crippen molar-refractivity contribution in [3.63, 3.8) is 0 Å². The average Bonchev–Trinajstić information content (AvgIpc) is 2.98. The topological polar surface area (TPSA) is 135 Å². The summed E-state index contributed by atoms with van der Waals surface area (Å²) in [5, 5.41) is 39.5. The molecule has 0 aromatic rings. The normalized spacial score (nSPS) is 23.8. The van der Waals surface area contributed by atoms with Crippen molar-refractivity contribution in [2.45, 2.75) is 141 Å². The molecule has 1 aliphatic heterocycles. The Labute approximate surface area is 253 Å². The van der Waals surface area contributed by atoms with Gasteiger partial charge in [-0.3, -0.25) is 4.79 Å². The molecule has 0 radical (unpaired) electrons. The fraction of sp³-hybridized carbons (Fsp3) is 0.788.